The van der Waals surface area contributed by atoms with Crippen molar-refractivity contribution in [2.24, 2.45) is 0 Å². The van der Waals surface area contributed by atoms with Crippen LogP contribution in [0.1, 0.15) is 296 Å². The Labute approximate surface area is 608 Å². The summed E-state index contributed by atoms with van der Waals surface area (Å²) in [5.74, 6) is -2.30. The molecule has 0 aliphatic heterocycles. The number of carboxylic acids is 1. The molecule has 2 unspecified atom stereocenters. The molecule has 0 rings (SSSR count). The maximum Gasteiger partial charge on any atom is 0.306 e. The van der Waals surface area contributed by atoms with Crippen LogP contribution in [-0.2, 0) is 33.3 Å². The van der Waals surface area contributed by atoms with E-state index < -0.39 is 24.3 Å². The van der Waals surface area contributed by atoms with E-state index in [2.05, 4.69) is 208 Å². The molecule has 9 nitrogen and oxygen atoms in total. The average Bonchev–Trinajstić information content (AvgIpc) is 2.62. The van der Waals surface area contributed by atoms with Crippen LogP contribution in [0.5, 0.6) is 0 Å². The Hall–Kier alpha value is -5.87. The van der Waals surface area contributed by atoms with E-state index in [9.17, 15) is 19.5 Å². The molecule has 2 atom stereocenters. The smallest absolute Gasteiger partial charge is 0.306 e. The lowest BCUT2D eigenvalue weighted by Crippen LogP contribution is -2.44. The Morgan fingerprint density at radius 1 is 0.303 bits per heavy atom. The second-order valence-corrected chi connectivity index (χ2v) is 26.9. The summed E-state index contributed by atoms with van der Waals surface area (Å²) in [6.45, 7) is 4.51. The fourth-order valence-corrected chi connectivity index (χ4v) is 10.4. The largest absolute Gasteiger partial charge is 0.545 e. The number of ether oxygens (including phenoxy) is 4. The molecule has 0 bridgehead atoms. The van der Waals surface area contributed by atoms with Gasteiger partial charge in [0.2, 0.25) is 0 Å². The summed E-state index contributed by atoms with van der Waals surface area (Å²) in [7, 11) is 5.92. The minimum absolute atomic E-state index is 0.138. The molecule has 0 aromatic heterocycles. The molecule has 0 aliphatic rings. The Balaban J connectivity index is 4.11. The summed E-state index contributed by atoms with van der Waals surface area (Å²) in [4.78, 5) is 37.6. The first kappa shape index (κ1) is 93.1. The van der Waals surface area contributed by atoms with Crippen molar-refractivity contribution in [2.45, 2.75) is 309 Å². The number of carbonyl (C=O) groups excluding carboxylic acids is 3. The van der Waals surface area contributed by atoms with Gasteiger partial charge in [-0.05, 0) is 141 Å². The van der Waals surface area contributed by atoms with E-state index in [1.54, 1.807) is 0 Å². The average molecular weight is 1370 g/mol. The number of rotatable bonds is 71. The van der Waals surface area contributed by atoms with Crippen LogP contribution in [-0.4, -0.2) is 82.3 Å². The molecule has 0 aromatic carbocycles. The summed E-state index contributed by atoms with van der Waals surface area (Å²) in [6, 6.07) is 0. The van der Waals surface area contributed by atoms with Gasteiger partial charge >= 0.3 is 11.9 Å². The predicted molar refractivity (Wildman–Crippen MR) is 425 cm³/mol. The van der Waals surface area contributed by atoms with Gasteiger partial charge in [-0.2, -0.15) is 0 Å². The molecule has 0 amide bonds. The van der Waals surface area contributed by atoms with Gasteiger partial charge in [0, 0.05) is 12.8 Å². The van der Waals surface area contributed by atoms with Crippen molar-refractivity contribution in [3.8, 4) is 0 Å². The van der Waals surface area contributed by atoms with Gasteiger partial charge in [-0.15, -0.1) is 0 Å². The molecule has 9 heteroatoms. The lowest BCUT2D eigenvalue weighted by molar-refractivity contribution is -0.870. The predicted octanol–water partition coefficient (Wildman–Crippen LogP) is 24.4. The number of carboxylic acid groups (broad SMARTS) is 1. The number of hydrogen-bond acceptors (Lipinski definition) is 8. The molecule has 0 saturated carbocycles. The second-order valence-electron chi connectivity index (χ2n) is 26.9. The maximum absolute atomic E-state index is 13.0. The fraction of sp³-hybridized carbons (Fsp3) is 0.611. The van der Waals surface area contributed by atoms with Crippen LogP contribution < -0.4 is 5.11 Å². The summed E-state index contributed by atoms with van der Waals surface area (Å²) < 4.78 is 22.8. The van der Waals surface area contributed by atoms with Crippen molar-refractivity contribution in [3.05, 3.63) is 194 Å². The molecule has 0 aliphatic carbocycles. The highest BCUT2D eigenvalue weighted by Crippen LogP contribution is 2.17. The monoisotopic (exact) mass is 1370 g/mol. The van der Waals surface area contributed by atoms with Gasteiger partial charge in [-0.3, -0.25) is 9.59 Å². The third kappa shape index (κ3) is 79.3. The lowest BCUT2D eigenvalue weighted by atomic mass is 10.0. The van der Waals surface area contributed by atoms with E-state index in [0.717, 1.165) is 154 Å². The minimum atomic E-state index is -1.64. The number of quaternary nitrogens is 1. The summed E-state index contributed by atoms with van der Waals surface area (Å²) in [5, 5.41) is 11.9. The Morgan fingerprint density at radius 3 is 0.808 bits per heavy atom. The van der Waals surface area contributed by atoms with Gasteiger partial charge in [0.1, 0.15) is 13.2 Å². The number of unbranched alkanes of at least 4 members (excludes halogenated alkanes) is 24. The minimum Gasteiger partial charge on any atom is -0.545 e. The van der Waals surface area contributed by atoms with E-state index in [0.29, 0.717) is 17.4 Å². The van der Waals surface area contributed by atoms with E-state index in [4.69, 9.17) is 18.9 Å². The van der Waals surface area contributed by atoms with Gasteiger partial charge < -0.3 is 33.3 Å². The van der Waals surface area contributed by atoms with Crippen LogP contribution in [0.3, 0.4) is 0 Å². The number of likely N-dealkylation sites (N-methyl/N-ethyl adjacent to an activating group) is 1. The third-order valence-electron chi connectivity index (χ3n) is 16.3. The van der Waals surface area contributed by atoms with E-state index >= 15 is 0 Å². The van der Waals surface area contributed by atoms with Crippen molar-refractivity contribution in [3.63, 3.8) is 0 Å². The van der Waals surface area contributed by atoms with Crippen LogP contribution in [0, 0.1) is 0 Å². The van der Waals surface area contributed by atoms with Crippen LogP contribution in [0.4, 0.5) is 0 Å². The first-order valence-corrected chi connectivity index (χ1v) is 39.6. The van der Waals surface area contributed by atoms with Crippen LogP contribution in [0.2, 0.25) is 0 Å². The fourth-order valence-electron chi connectivity index (χ4n) is 10.4. The molecule has 0 aromatic rings. The van der Waals surface area contributed by atoms with Gasteiger partial charge in [0.25, 0.3) is 0 Å². The molecule has 0 fully saturated rings. The first-order valence-electron chi connectivity index (χ1n) is 39.6. The molecule has 0 radical (unpaired) electrons. The SMILES string of the molecule is CC/C=C\C/C=C\C/C=C\C/C=C\C/C=C\C/C=C\C/C=C\C/C=C\CCCCCCCCCCCCCCCCCCC(=O)OC(COC(=O)CCCCCCCCCC/C=C\C/C=C\C/C=C\C/C=C\C/C=C\C/C=C\C/C=C\C/C=C\CC)COC(OCC[N+](C)(C)C)C(=O)[O-]. The van der Waals surface area contributed by atoms with E-state index in [1.807, 2.05) is 21.1 Å². The standard InChI is InChI=1S/C90H145NO8/c1-6-8-10-12-14-16-18-20-22-24-26-28-30-32-34-36-38-40-41-42-43-44-45-46-47-49-51-53-55-57-59-61-63-65-67-69-71-73-75-77-79-81-88(93)99-86(85-98-90(89(94)95)96-83-82-91(3,4)5)84-97-87(92)80-78-76-74-72-70-68-66-64-62-60-58-56-54-52-50-48-39-37-35-33-31-29-27-25-23-21-19-17-15-13-11-9-7-2/h8-11,14-17,20-23,26-29,32-35,38-40,42-43,45-46,48,52,54,58,60,86,90H,6-7,12-13,18-19,24-25,30-31,36-37,41,44,47,49-51,53,55-57,59,61-85H2,1-5H3/b10-8-,11-9-,16-14-,17-15-,22-20-,23-21-,28-26-,29-27-,34-32-,35-33-,40-38-,43-42-,46-45-,48-39-,54-52-,60-58-. The molecule has 0 N–H and O–H groups in total. The van der Waals surface area contributed by atoms with Crippen molar-refractivity contribution >= 4 is 17.9 Å². The number of hydrogen-bond donors (Lipinski definition) is 0. The zero-order valence-corrected chi connectivity index (χ0v) is 63.8. The maximum atomic E-state index is 13.0. The Bertz CT molecular complexity index is 2340. The van der Waals surface area contributed by atoms with Gasteiger partial charge in [0.05, 0.1) is 40.3 Å². The molecule has 0 spiro atoms. The topological polar surface area (TPSA) is 111 Å². The zero-order valence-electron chi connectivity index (χ0n) is 63.8. The van der Waals surface area contributed by atoms with E-state index in [1.165, 1.54) is 109 Å². The molecule has 558 valence electrons. The normalized spacial score (nSPS) is 13.7. The summed E-state index contributed by atoms with van der Waals surface area (Å²) in [5.41, 5.74) is 0. The Kier molecular flexibility index (Phi) is 73.2. The van der Waals surface area contributed by atoms with Gasteiger partial charge in [-0.1, -0.05) is 337 Å². The highest BCUT2D eigenvalue weighted by Gasteiger charge is 2.22. The molecule has 0 heterocycles. The van der Waals surface area contributed by atoms with E-state index in [-0.39, 0.29) is 38.6 Å². The van der Waals surface area contributed by atoms with Crippen molar-refractivity contribution < 1.29 is 42.9 Å². The third-order valence-corrected chi connectivity index (χ3v) is 16.3. The number of carbonyl (C=O) groups is 3. The number of allylic oxidation sites excluding steroid dienone is 32. The molecular weight excluding hydrogens is 1220 g/mol. The number of aliphatic carboxylic acids is 1. The van der Waals surface area contributed by atoms with Crippen molar-refractivity contribution in [1.29, 1.82) is 0 Å². The lowest BCUT2D eigenvalue weighted by Gasteiger charge is -2.26. The van der Waals surface area contributed by atoms with Crippen molar-refractivity contribution in [1.82, 2.24) is 0 Å². The van der Waals surface area contributed by atoms with Crippen molar-refractivity contribution in [2.75, 3.05) is 47.5 Å². The second kappa shape index (κ2) is 77.9. The first-order chi connectivity index (χ1) is 48.6. The number of esters is 2. The quantitative estimate of drug-likeness (QED) is 0.0195. The van der Waals surface area contributed by atoms with Crippen LogP contribution in [0.15, 0.2) is 194 Å². The zero-order chi connectivity index (χ0) is 71.8. The Morgan fingerprint density at radius 2 is 0.545 bits per heavy atom. The molecule has 0 saturated heterocycles. The van der Waals surface area contributed by atoms with Crippen LogP contribution in [0.25, 0.3) is 0 Å². The highest BCUT2D eigenvalue weighted by atomic mass is 16.7. The molecule has 99 heavy (non-hydrogen) atoms. The van der Waals surface area contributed by atoms with Gasteiger partial charge in [0.15, 0.2) is 12.4 Å². The van der Waals surface area contributed by atoms with Gasteiger partial charge in [-0.25, -0.2) is 0 Å². The molecular formula is C90H145NO8. The van der Waals surface area contributed by atoms with Crippen LogP contribution >= 0.6 is 0 Å². The highest BCUT2D eigenvalue weighted by molar-refractivity contribution is 5.70. The summed E-state index contributed by atoms with van der Waals surface area (Å²) >= 11 is 0. The summed E-state index contributed by atoms with van der Waals surface area (Å²) in [6.07, 6.45) is 117. The number of nitrogens with zero attached hydrogens (tertiary/aromatic N) is 1.